The third-order valence-electron chi connectivity index (χ3n) is 2.75. The molecule has 3 nitrogen and oxygen atoms in total. The van der Waals surface area contributed by atoms with Crippen LogP contribution in [-0.4, -0.2) is 12.1 Å². The number of nitrogens with zero attached hydrogens (tertiary/aromatic N) is 1. The van der Waals surface area contributed by atoms with Crippen LogP contribution >= 0.6 is 23.2 Å². The molecule has 20 heavy (non-hydrogen) atoms. The number of halogens is 2. The predicted octanol–water partition coefficient (Wildman–Crippen LogP) is 4.07. The van der Waals surface area contributed by atoms with Crippen LogP contribution in [0.5, 0.6) is 0 Å². The van der Waals surface area contributed by atoms with Crippen LogP contribution in [0.4, 0.5) is 0 Å². The van der Waals surface area contributed by atoms with Crippen LogP contribution in [0, 0.1) is 6.92 Å². The zero-order chi connectivity index (χ0) is 14.5. The van der Waals surface area contributed by atoms with Gasteiger partial charge in [0.15, 0.2) is 0 Å². The van der Waals surface area contributed by atoms with Gasteiger partial charge in [0.2, 0.25) is 0 Å². The zero-order valence-corrected chi connectivity index (χ0v) is 12.2. The van der Waals surface area contributed by atoms with Crippen molar-refractivity contribution in [3.05, 3.63) is 69.2 Å². The second kappa shape index (κ2) is 6.55. The summed E-state index contributed by atoms with van der Waals surface area (Å²) in [4.78, 5) is 11.9. The van der Waals surface area contributed by atoms with E-state index in [1.165, 1.54) is 6.21 Å². The van der Waals surface area contributed by atoms with Crippen molar-refractivity contribution in [2.75, 3.05) is 0 Å². The molecule has 0 saturated heterocycles. The van der Waals surface area contributed by atoms with E-state index in [9.17, 15) is 4.79 Å². The van der Waals surface area contributed by atoms with Crippen molar-refractivity contribution in [2.24, 2.45) is 5.10 Å². The van der Waals surface area contributed by atoms with Gasteiger partial charge in [0, 0.05) is 11.1 Å². The van der Waals surface area contributed by atoms with Crippen LogP contribution in [-0.2, 0) is 0 Å². The molecule has 0 unspecified atom stereocenters. The van der Waals surface area contributed by atoms with E-state index >= 15 is 0 Å². The maximum absolute atomic E-state index is 11.9. The van der Waals surface area contributed by atoms with E-state index in [4.69, 9.17) is 23.2 Å². The molecular weight excluding hydrogens is 295 g/mol. The molecule has 0 atom stereocenters. The lowest BCUT2D eigenvalue weighted by Gasteiger charge is -2.04. The van der Waals surface area contributed by atoms with Gasteiger partial charge in [0.25, 0.3) is 5.91 Å². The molecule has 0 spiro atoms. The first-order valence-electron chi connectivity index (χ1n) is 5.92. The molecule has 1 amide bonds. The number of amides is 1. The number of hydrogen-bond donors (Lipinski definition) is 1. The van der Waals surface area contributed by atoms with E-state index in [1.54, 1.807) is 30.3 Å². The minimum atomic E-state index is -0.275. The molecule has 0 fully saturated rings. The van der Waals surface area contributed by atoms with E-state index in [0.717, 1.165) is 5.56 Å². The molecule has 0 aliphatic heterocycles. The Balaban J connectivity index is 2.11. The van der Waals surface area contributed by atoms with Gasteiger partial charge in [0.1, 0.15) is 0 Å². The van der Waals surface area contributed by atoms with Crippen molar-refractivity contribution in [3.8, 4) is 0 Å². The quantitative estimate of drug-likeness (QED) is 0.674. The van der Waals surface area contributed by atoms with Crippen molar-refractivity contribution < 1.29 is 4.79 Å². The molecule has 0 saturated carbocycles. The summed E-state index contributed by atoms with van der Waals surface area (Å²) < 4.78 is 0. The van der Waals surface area contributed by atoms with Gasteiger partial charge in [-0.25, -0.2) is 5.43 Å². The molecule has 0 heterocycles. The molecule has 0 bridgehead atoms. The molecular formula is C15H12Cl2N2O. The largest absolute Gasteiger partial charge is 0.271 e. The van der Waals surface area contributed by atoms with E-state index in [0.29, 0.717) is 21.2 Å². The van der Waals surface area contributed by atoms with Crippen LogP contribution in [0.3, 0.4) is 0 Å². The Morgan fingerprint density at radius 3 is 2.40 bits per heavy atom. The maximum Gasteiger partial charge on any atom is 0.271 e. The Morgan fingerprint density at radius 1 is 1.10 bits per heavy atom. The summed E-state index contributed by atoms with van der Waals surface area (Å²) in [7, 11) is 0. The number of carbonyl (C=O) groups excluding carboxylic acids is 1. The van der Waals surface area contributed by atoms with Gasteiger partial charge in [0.05, 0.1) is 16.3 Å². The van der Waals surface area contributed by atoms with E-state index in [2.05, 4.69) is 10.5 Å². The van der Waals surface area contributed by atoms with Crippen molar-refractivity contribution in [1.29, 1.82) is 0 Å². The maximum atomic E-state index is 11.9. The number of benzene rings is 2. The van der Waals surface area contributed by atoms with E-state index in [1.807, 2.05) is 19.1 Å². The standard InChI is InChI=1S/C15H12Cl2N2O/c1-10-5-2-3-6-11(10)15(20)19-18-9-12-13(16)7-4-8-14(12)17/h2-9H,1H3,(H,19,20)/b18-9-. The Morgan fingerprint density at radius 2 is 1.75 bits per heavy atom. The fraction of sp³-hybridized carbons (Fsp3) is 0.0667. The lowest BCUT2D eigenvalue weighted by atomic mass is 10.1. The van der Waals surface area contributed by atoms with Gasteiger partial charge >= 0.3 is 0 Å². The van der Waals surface area contributed by atoms with Crippen LogP contribution in [0.2, 0.25) is 10.0 Å². The molecule has 5 heteroatoms. The zero-order valence-electron chi connectivity index (χ0n) is 10.7. The Bertz CT molecular complexity index is 648. The average molecular weight is 307 g/mol. The summed E-state index contributed by atoms with van der Waals surface area (Å²) in [6, 6.07) is 12.4. The number of carbonyl (C=O) groups is 1. The molecule has 102 valence electrons. The summed E-state index contributed by atoms with van der Waals surface area (Å²) in [6.07, 6.45) is 1.43. The van der Waals surface area contributed by atoms with Gasteiger partial charge in [-0.15, -0.1) is 0 Å². The fourth-order valence-electron chi connectivity index (χ4n) is 1.68. The highest BCUT2D eigenvalue weighted by molar-refractivity contribution is 6.38. The molecule has 1 N–H and O–H groups in total. The third kappa shape index (κ3) is 3.38. The summed E-state index contributed by atoms with van der Waals surface area (Å²) in [5.41, 5.74) is 4.49. The smallest absolute Gasteiger partial charge is 0.267 e. The number of hydrazone groups is 1. The first-order chi connectivity index (χ1) is 9.59. The van der Waals surface area contributed by atoms with Gasteiger partial charge in [-0.3, -0.25) is 4.79 Å². The molecule has 2 rings (SSSR count). The van der Waals surface area contributed by atoms with Crippen LogP contribution < -0.4 is 5.43 Å². The van der Waals surface area contributed by atoms with Crippen LogP contribution in [0.1, 0.15) is 21.5 Å². The average Bonchev–Trinajstić information content (AvgIpc) is 2.42. The predicted molar refractivity (Wildman–Crippen MR) is 82.7 cm³/mol. The lowest BCUT2D eigenvalue weighted by Crippen LogP contribution is -2.18. The van der Waals surface area contributed by atoms with Crippen molar-refractivity contribution in [1.82, 2.24) is 5.43 Å². The molecule has 0 aromatic heterocycles. The normalized spacial score (nSPS) is 10.8. The van der Waals surface area contributed by atoms with E-state index < -0.39 is 0 Å². The summed E-state index contributed by atoms with van der Waals surface area (Å²) >= 11 is 12.0. The number of rotatable bonds is 3. The minimum Gasteiger partial charge on any atom is -0.267 e. The highest BCUT2D eigenvalue weighted by Crippen LogP contribution is 2.22. The highest BCUT2D eigenvalue weighted by atomic mass is 35.5. The first-order valence-corrected chi connectivity index (χ1v) is 6.68. The number of aryl methyl sites for hydroxylation is 1. The second-order valence-corrected chi connectivity index (χ2v) is 4.96. The molecule has 2 aromatic carbocycles. The van der Waals surface area contributed by atoms with Crippen LogP contribution in [0.15, 0.2) is 47.6 Å². The third-order valence-corrected chi connectivity index (χ3v) is 3.41. The first kappa shape index (κ1) is 14.6. The van der Waals surface area contributed by atoms with Crippen molar-refractivity contribution in [2.45, 2.75) is 6.92 Å². The SMILES string of the molecule is Cc1ccccc1C(=O)N/N=C\c1c(Cl)cccc1Cl. The lowest BCUT2D eigenvalue weighted by molar-refractivity contribution is 0.0954. The van der Waals surface area contributed by atoms with Gasteiger partial charge in [-0.2, -0.15) is 5.10 Å². The topological polar surface area (TPSA) is 41.5 Å². The Labute approximate surface area is 127 Å². The minimum absolute atomic E-state index is 0.275. The van der Waals surface area contributed by atoms with Crippen molar-refractivity contribution >= 4 is 35.3 Å². The summed E-state index contributed by atoms with van der Waals surface area (Å²) in [5, 5.41) is 4.84. The van der Waals surface area contributed by atoms with Crippen molar-refractivity contribution in [3.63, 3.8) is 0 Å². The highest BCUT2D eigenvalue weighted by Gasteiger charge is 2.07. The van der Waals surface area contributed by atoms with Gasteiger partial charge in [-0.1, -0.05) is 47.5 Å². The van der Waals surface area contributed by atoms with Crippen LogP contribution in [0.25, 0.3) is 0 Å². The second-order valence-electron chi connectivity index (χ2n) is 4.15. The number of nitrogens with one attached hydrogen (secondary N) is 1. The van der Waals surface area contributed by atoms with Gasteiger partial charge in [-0.05, 0) is 30.7 Å². The Hall–Kier alpha value is -1.84. The molecule has 0 aliphatic rings. The molecule has 2 aromatic rings. The Kier molecular flexibility index (Phi) is 4.77. The monoisotopic (exact) mass is 306 g/mol. The van der Waals surface area contributed by atoms with Gasteiger partial charge < -0.3 is 0 Å². The summed E-state index contributed by atoms with van der Waals surface area (Å²) in [5.74, 6) is -0.275. The molecule has 0 radical (unpaired) electrons. The number of hydrogen-bond acceptors (Lipinski definition) is 2. The van der Waals surface area contributed by atoms with E-state index in [-0.39, 0.29) is 5.91 Å². The molecule has 0 aliphatic carbocycles. The fourth-order valence-corrected chi connectivity index (χ4v) is 2.17. The summed E-state index contributed by atoms with van der Waals surface area (Å²) in [6.45, 7) is 1.86.